The Morgan fingerprint density at radius 1 is 0.909 bits per heavy atom. The second kappa shape index (κ2) is 17.4. The molecule has 8 heteroatoms. The van der Waals surface area contributed by atoms with E-state index in [-0.39, 0.29) is 24.0 Å². The van der Waals surface area contributed by atoms with Gasteiger partial charge in [-0.25, -0.2) is 4.99 Å². The molecule has 7 nitrogen and oxygen atoms in total. The van der Waals surface area contributed by atoms with Gasteiger partial charge < -0.3 is 29.6 Å². The van der Waals surface area contributed by atoms with Crippen LogP contribution in [-0.4, -0.2) is 52.6 Å². The molecule has 0 heterocycles. The number of benzene rings is 2. The number of hydrogen-bond acceptors (Lipinski definition) is 5. The number of guanidine groups is 1. The molecule has 2 rings (SSSR count). The zero-order valence-electron chi connectivity index (χ0n) is 20.2. The Morgan fingerprint density at radius 3 is 2.36 bits per heavy atom. The molecule has 0 fully saturated rings. The van der Waals surface area contributed by atoms with E-state index >= 15 is 0 Å². The monoisotopic (exact) mass is 571 g/mol. The van der Waals surface area contributed by atoms with Crippen molar-refractivity contribution in [2.45, 2.75) is 33.9 Å². The van der Waals surface area contributed by atoms with Crippen molar-refractivity contribution in [1.82, 2.24) is 10.6 Å². The summed E-state index contributed by atoms with van der Waals surface area (Å²) in [6.07, 6.45) is 0. The first-order valence-electron chi connectivity index (χ1n) is 11.2. The number of nitrogens with zero attached hydrogens (tertiary/aromatic N) is 1. The standard InChI is InChI=1S/C25H37N3O4.HI/c1-5-26-25(27-18-21-8-11-23(12-9-21)31-15-13-29-4)28-19-22-10-7-20(3)17-24(22)32-16-14-30-6-2;/h7-12,17H,5-6,13-16,18-19H2,1-4H3,(H2,26,27,28);1H. The average molecular weight is 572 g/mol. The number of hydrogen-bond donors (Lipinski definition) is 2. The van der Waals surface area contributed by atoms with E-state index in [0.717, 1.165) is 40.7 Å². The van der Waals surface area contributed by atoms with Crippen molar-refractivity contribution in [3.63, 3.8) is 0 Å². The van der Waals surface area contributed by atoms with E-state index < -0.39 is 0 Å². The minimum absolute atomic E-state index is 0. The van der Waals surface area contributed by atoms with Crippen LogP contribution < -0.4 is 20.1 Å². The highest BCUT2D eigenvalue weighted by atomic mass is 127. The van der Waals surface area contributed by atoms with Crippen LogP contribution in [0, 0.1) is 6.92 Å². The van der Waals surface area contributed by atoms with E-state index in [0.29, 0.717) is 46.1 Å². The van der Waals surface area contributed by atoms with E-state index in [1.807, 2.05) is 31.2 Å². The van der Waals surface area contributed by atoms with Crippen LogP contribution in [0.5, 0.6) is 11.5 Å². The molecule has 0 atom stereocenters. The highest BCUT2D eigenvalue weighted by Gasteiger charge is 2.06. The Kier molecular flexibility index (Phi) is 15.3. The molecule has 184 valence electrons. The summed E-state index contributed by atoms with van der Waals surface area (Å²) in [5.41, 5.74) is 3.35. The molecule has 0 aliphatic carbocycles. The molecule has 0 amide bonds. The summed E-state index contributed by atoms with van der Waals surface area (Å²) in [7, 11) is 1.66. The molecule has 0 spiro atoms. The number of halogens is 1. The zero-order valence-corrected chi connectivity index (χ0v) is 22.5. The summed E-state index contributed by atoms with van der Waals surface area (Å²) in [6.45, 7) is 11.0. The second-order valence-electron chi connectivity index (χ2n) is 7.19. The van der Waals surface area contributed by atoms with Crippen LogP contribution >= 0.6 is 24.0 Å². The molecule has 0 aromatic heterocycles. The van der Waals surface area contributed by atoms with E-state index in [2.05, 4.69) is 42.7 Å². The van der Waals surface area contributed by atoms with E-state index in [9.17, 15) is 0 Å². The van der Waals surface area contributed by atoms with Gasteiger partial charge in [0.2, 0.25) is 0 Å². The first-order valence-corrected chi connectivity index (χ1v) is 11.2. The number of methoxy groups -OCH3 is 1. The summed E-state index contributed by atoms with van der Waals surface area (Å²) < 4.78 is 21.9. The van der Waals surface area contributed by atoms with Gasteiger partial charge in [-0.3, -0.25) is 0 Å². The summed E-state index contributed by atoms with van der Waals surface area (Å²) in [5.74, 6) is 2.46. The maximum Gasteiger partial charge on any atom is 0.191 e. The van der Waals surface area contributed by atoms with Crippen molar-refractivity contribution >= 4 is 29.9 Å². The maximum atomic E-state index is 5.94. The van der Waals surface area contributed by atoms with Gasteiger partial charge in [0.1, 0.15) is 24.7 Å². The third kappa shape index (κ3) is 11.6. The average Bonchev–Trinajstić information content (AvgIpc) is 2.80. The van der Waals surface area contributed by atoms with Gasteiger partial charge in [-0.2, -0.15) is 0 Å². The number of ether oxygens (including phenoxy) is 4. The van der Waals surface area contributed by atoms with Crippen molar-refractivity contribution in [3.8, 4) is 11.5 Å². The Labute approximate surface area is 215 Å². The molecular formula is C25H38IN3O4. The molecular weight excluding hydrogens is 533 g/mol. The normalized spacial score (nSPS) is 11.0. The Bertz CT molecular complexity index is 816. The first-order chi connectivity index (χ1) is 15.7. The fourth-order valence-corrected chi connectivity index (χ4v) is 2.92. The highest BCUT2D eigenvalue weighted by Crippen LogP contribution is 2.20. The molecule has 2 aromatic rings. The minimum Gasteiger partial charge on any atom is -0.491 e. The Hall–Kier alpha value is -2.04. The lowest BCUT2D eigenvalue weighted by Gasteiger charge is -2.15. The molecule has 0 unspecified atom stereocenters. The van der Waals surface area contributed by atoms with Crippen LogP contribution in [0.15, 0.2) is 47.5 Å². The quantitative estimate of drug-likeness (QED) is 0.153. The maximum absolute atomic E-state index is 5.94. The lowest BCUT2D eigenvalue weighted by Crippen LogP contribution is -2.36. The summed E-state index contributed by atoms with van der Waals surface area (Å²) in [6, 6.07) is 14.2. The predicted molar refractivity (Wildman–Crippen MR) is 144 cm³/mol. The summed E-state index contributed by atoms with van der Waals surface area (Å²) >= 11 is 0. The number of aliphatic imine (C=N–C) groups is 1. The van der Waals surface area contributed by atoms with Gasteiger partial charge in [0, 0.05) is 32.4 Å². The molecule has 0 radical (unpaired) electrons. The first kappa shape index (κ1) is 29.0. The van der Waals surface area contributed by atoms with Gasteiger partial charge in [-0.15, -0.1) is 24.0 Å². The molecule has 2 N–H and O–H groups in total. The van der Waals surface area contributed by atoms with Gasteiger partial charge in [0.25, 0.3) is 0 Å². The van der Waals surface area contributed by atoms with Gasteiger partial charge in [-0.05, 0) is 50.1 Å². The highest BCUT2D eigenvalue weighted by molar-refractivity contribution is 14.0. The molecule has 0 saturated heterocycles. The van der Waals surface area contributed by atoms with Crippen molar-refractivity contribution in [2.24, 2.45) is 4.99 Å². The van der Waals surface area contributed by atoms with Crippen molar-refractivity contribution in [1.29, 1.82) is 0 Å². The molecule has 0 aliphatic heterocycles. The molecule has 2 aromatic carbocycles. The lowest BCUT2D eigenvalue weighted by atomic mass is 10.1. The second-order valence-corrected chi connectivity index (χ2v) is 7.19. The van der Waals surface area contributed by atoms with Crippen LogP contribution in [-0.2, 0) is 22.6 Å². The molecule has 0 bridgehead atoms. The number of nitrogens with one attached hydrogen (secondary N) is 2. The van der Waals surface area contributed by atoms with Crippen LogP contribution in [0.25, 0.3) is 0 Å². The number of rotatable bonds is 14. The fraction of sp³-hybridized carbons (Fsp3) is 0.480. The number of aryl methyl sites for hydroxylation is 1. The third-order valence-electron chi connectivity index (χ3n) is 4.60. The van der Waals surface area contributed by atoms with Crippen molar-refractivity contribution < 1.29 is 18.9 Å². The van der Waals surface area contributed by atoms with Gasteiger partial charge in [0.05, 0.1) is 19.8 Å². The van der Waals surface area contributed by atoms with Crippen LogP contribution in [0.3, 0.4) is 0 Å². The Balaban J connectivity index is 0.00000544. The van der Waals surface area contributed by atoms with Crippen LogP contribution in [0.1, 0.15) is 30.5 Å². The summed E-state index contributed by atoms with van der Waals surface area (Å²) in [5, 5.41) is 6.70. The Morgan fingerprint density at radius 2 is 1.67 bits per heavy atom. The third-order valence-corrected chi connectivity index (χ3v) is 4.60. The zero-order chi connectivity index (χ0) is 23.0. The lowest BCUT2D eigenvalue weighted by molar-refractivity contribution is 0.110. The van der Waals surface area contributed by atoms with E-state index in [1.165, 1.54) is 0 Å². The van der Waals surface area contributed by atoms with Gasteiger partial charge in [-0.1, -0.05) is 24.3 Å². The van der Waals surface area contributed by atoms with Crippen LogP contribution in [0.4, 0.5) is 0 Å². The van der Waals surface area contributed by atoms with E-state index in [1.54, 1.807) is 7.11 Å². The topological polar surface area (TPSA) is 73.3 Å². The minimum atomic E-state index is 0. The fourth-order valence-electron chi connectivity index (χ4n) is 2.92. The molecule has 33 heavy (non-hydrogen) atoms. The summed E-state index contributed by atoms with van der Waals surface area (Å²) in [4.78, 5) is 4.71. The van der Waals surface area contributed by atoms with Crippen molar-refractivity contribution in [3.05, 3.63) is 59.2 Å². The van der Waals surface area contributed by atoms with E-state index in [4.69, 9.17) is 23.9 Å². The van der Waals surface area contributed by atoms with Gasteiger partial charge >= 0.3 is 0 Å². The molecule has 0 aliphatic rings. The van der Waals surface area contributed by atoms with Gasteiger partial charge in [0.15, 0.2) is 5.96 Å². The van der Waals surface area contributed by atoms with Crippen LogP contribution in [0.2, 0.25) is 0 Å². The van der Waals surface area contributed by atoms with Crippen molar-refractivity contribution in [2.75, 3.05) is 46.7 Å². The molecule has 0 saturated carbocycles. The SMILES string of the molecule is CCNC(=NCc1ccc(OCCOC)cc1)NCc1ccc(C)cc1OCCOCC.I. The largest absolute Gasteiger partial charge is 0.491 e. The smallest absolute Gasteiger partial charge is 0.191 e. The predicted octanol–water partition coefficient (Wildman–Crippen LogP) is 4.31.